The number of carbonyl (C=O) groups is 1. The number of allylic oxidation sites excluding steroid dienone is 2. The van der Waals surface area contributed by atoms with Crippen molar-refractivity contribution in [3.8, 4) is 0 Å². The number of carboxylic acid groups (broad SMARTS) is 1. The maximum absolute atomic E-state index is 10.2. The molecule has 0 aliphatic heterocycles. The molecule has 0 aliphatic rings. The summed E-state index contributed by atoms with van der Waals surface area (Å²) >= 11 is 0. The third kappa shape index (κ3) is 17.2. The Hall–Kier alpha value is -0.790. The summed E-state index contributed by atoms with van der Waals surface area (Å²) in [6.07, 6.45) is 19.5. The molecule has 0 spiro atoms. The van der Waals surface area contributed by atoms with Crippen LogP contribution in [0.2, 0.25) is 0 Å². The fourth-order valence-corrected chi connectivity index (χ4v) is 2.55. The van der Waals surface area contributed by atoms with Gasteiger partial charge in [-0.3, -0.25) is 0 Å². The first-order chi connectivity index (χ1) is 10.2. The van der Waals surface area contributed by atoms with Gasteiger partial charge in [0.2, 0.25) is 0 Å². The van der Waals surface area contributed by atoms with Crippen molar-refractivity contribution in [2.45, 2.75) is 97.3 Å². The lowest BCUT2D eigenvalue weighted by Gasteiger charge is -2.08. The Labute approximate surface area is 132 Å². The number of carboxylic acids is 1. The van der Waals surface area contributed by atoms with Gasteiger partial charge in [-0.05, 0) is 38.0 Å². The van der Waals surface area contributed by atoms with Gasteiger partial charge in [0, 0.05) is 5.97 Å². The fourth-order valence-electron chi connectivity index (χ4n) is 2.55. The highest BCUT2D eigenvalue weighted by atomic mass is 16.4. The molecule has 0 aromatic rings. The van der Waals surface area contributed by atoms with Gasteiger partial charge in [-0.2, -0.15) is 0 Å². The molecule has 2 nitrogen and oxygen atoms in total. The number of hydrogen-bond acceptors (Lipinski definition) is 2. The van der Waals surface area contributed by atoms with Gasteiger partial charge >= 0.3 is 0 Å². The van der Waals surface area contributed by atoms with Gasteiger partial charge in [-0.15, -0.1) is 0 Å². The van der Waals surface area contributed by atoms with E-state index in [1.54, 1.807) is 0 Å². The van der Waals surface area contributed by atoms with E-state index in [1.807, 2.05) is 0 Å². The number of aliphatic carboxylic acids is 1. The predicted molar refractivity (Wildman–Crippen MR) is 89.0 cm³/mol. The first-order valence-electron chi connectivity index (χ1n) is 9.01. The zero-order valence-electron chi connectivity index (χ0n) is 14.2. The maximum Gasteiger partial charge on any atom is 0.0414 e. The highest BCUT2D eigenvalue weighted by Crippen LogP contribution is 2.15. The van der Waals surface area contributed by atoms with Crippen LogP contribution in [0.25, 0.3) is 0 Å². The minimum absolute atomic E-state index is 0.207. The predicted octanol–water partition coefficient (Wildman–Crippen LogP) is 5.02. The second-order valence-electron chi connectivity index (χ2n) is 6.34. The Balaban J connectivity index is 3.29. The highest BCUT2D eigenvalue weighted by Gasteiger charge is 1.99. The second kappa shape index (κ2) is 15.6. The number of rotatable bonds is 15. The molecule has 0 bridgehead atoms. The van der Waals surface area contributed by atoms with Crippen molar-refractivity contribution in [3.05, 3.63) is 12.2 Å². The molecule has 2 heteroatoms. The van der Waals surface area contributed by atoms with E-state index in [-0.39, 0.29) is 6.42 Å². The zero-order chi connectivity index (χ0) is 15.8. The first kappa shape index (κ1) is 20.2. The molecule has 0 amide bonds. The standard InChI is InChI=1S/C19H36O2/c1-3-4-5-6-9-12-15-18(2)16-13-10-7-8-11-14-17-19(20)21/h10,13,18H,3-9,11-12,14-17H2,1-2H3,(H,20,21)/p-1/b13-10+. The van der Waals surface area contributed by atoms with Crippen molar-refractivity contribution in [1.29, 1.82) is 0 Å². The summed E-state index contributed by atoms with van der Waals surface area (Å²) in [6.45, 7) is 4.61. The lowest BCUT2D eigenvalue weighted by molar-refractivity contribution is -0.305. The second-order valence-corrected chi connectivity index (χ2v) is 6.34. The summed E-state index contributed by atoms with van der Waals surface area (Å²) < 4.78 is 0. The monoisotopic (exact) mass is 295 g/mol. The van der Waals surface area contributed by atoms with E-state index in [4.69, 9.17) is 0 Å². The van der Waals surface area contributed by atoms with Crippen LogP contribution in [0.4, 0.5) is 0 Å². The molecule has 0 aromatic carbocycles. The van der Waals surface area contributed by atoms with Crippen molar-refractivity contribution in [2.75, 3.05) is 0 Å². The molecular formula is C19H35O2-. The van der Waals surface area contributed by atoms with Crippen LogP contribution in [0.1, 0.15) is 97.3 Å². The summed E-state index contributed by atoms with van der Waals surface area (Å²) in [6, 6.07) is 0. The van der Waals surface area contributed by atoms with Crippen LogP contribution in [-0.4, -0.2) is 5.97 Å². The van der Waals surface area contributed by atoms with E-state index in [0.29, 0.717) is 0 Å². The molecular weight excluding hydrogens is 260 g/mol. The van der Waals surface area contributed by atoms with Crippen molar-refractivity contribution in [3.63, 3.8) is 0 Å². The third-order valence-corrected chi connectivity index (χ3v) is 4.01. The average Bonchev–Trinajstić information content (AvgIpc) is 2.45. The largest absolute Gasteiger partial charge is 0.550 e. The molecule has 124 valence electrons. The van der Waals surface area contributed by atoms with E-state index in [2.05, 4.69) is 26.0 Å². The summed E-state index contributed by atoms with van der Waals surface area (Å²) in [7, 11) is 0. The van der Waals surface area contributed by atoms with E-state index in [0.717, 1.165) is 31.6 Å². The Morgan fingerprint density at radius 1 is 0.952 bits per heavy atom. The van der Waals surface area contributed by atoms with Gasteiger partial charge in [0.1, 0.15) is 0 Å². The normalized spacial score (nSPS) is 12.9. The van der Waals surface area contributed by atoms with Gasteiger partial charge in [-0.25, -0.2) is 0 Å². The van der Waals surface area contributed by atoms with E-state index >= 15 is 0 Å². The summed E-state index contributed by atoms with van der Waals surface area (Å²) in [5.74, 6) is -0.125. The van der Waals surface area contributed by atoms with Crippen LogP contribution in [0.5, 0.6) is 0 Å². The van der Waals surface area contributed by atoms with Crippen LogP contribution in [0.3, 0.4) is 0 Å². The molecule has 0 aliphatic carbocycles. The van der Waals surface area contributed by atoms with Crippen molar-refractivity contribution < 1.29 is 9.90 Å². The lowest BCUT2D eigenvalue weighted by atomic mass is 9.98. The Morgan fingerprint density at radius 2 is 1.62 bits per heavy atom. The third-order valence-electron chi connectivity index (χ3n) is 4.01. The van der Waals surface area contributed by atoms with Gasteiger partial charge in [0.15, 0.2) is 0 Å². The van der Waals surface area contributed by atoms with Crippen molar-refractivity contribution >= 4 is 5.97 Å². The van der Waals surface area contributed by atoms with Crippen LogP contribution in [0, 0.1) is 5.92 Å². The number of carbonyl (C=O) groups excluding carboxylic acids is 1. The molecule has 0 saturated heterocycles. The van der Waals surface area contributed by atoms with Crippen LogP contribution in [-0.2, 0) is 4.79 Å². The maximum atomic E-state index is 10.2. The first-order valence-corrected chi connectivity index (χ1v) is 9.01. The minimum atomic E-state index is -0.922. The van der Waals surface area contributed by atoms with Gasteiger partial charge in [0.25, 0.3) is 0 Å². The topological polar surface area (TPSA) is 40.1 Å². The fraction of sp³-hybridized carbons (Fsp3) is 0.842. The van der Waals surface area contributed by atoms with Crippen molar-refractivity contribution in [2.24, 2.45) is 5.92 Å². The molecule has 0 rings (SSSR count). The molecule has 0 saturated carbocycles. The lowest BCUT2D eigenvalue weighted by Crippen LogP contribution is -2.21. The highest BCUT2D eigenvalue weighted by molar-refractivity contribution is 5.63. The van der Waals surface area contributed by atoms with Gasteiger partial charge < -0.3 is 9.90 Å². The number of hydrogen-bond donors (Lipinski definition) is 0. The van der Waals surface area contributed by atoms with Crippen molar-refractivity contribution in [1.82, 2.24) is 0 Å². The van der Waals surface area contributed by atoms with Gasteiger partial charge in [0.05, 0.1) is 0 Å². The minimum Gasteiger partial charge on any atom is -0.550 e. The average molecular weight is 295 g/mol. The van der Waals surface area contributed by atoms with Gasteiger partial charge in [-0.1, -0.05) is 77.4 Å². The van der Waals surface area contributed by atoms with Crippen LogP contribution >= 0.6 is 0 Å². The molecule has 1 unspecified atom stereocenters. The number of unbranched alkanes of at least 4 members (excludes halogenated alkanes) is 8. The quantitative estimate of drug-likeness (QED) is 0.314. The Kier molecular flexibility index (Phi) is 15.0. The molecule has 0 N–H and O–H groups in total. The summed E-state index contributed by atoms with van der Waals surface area (Å²) in [5.41, 5.74) is 0. The molecule has 0 heterocycles. The zero-order valence-corrected chi connectivity index (χ0v) is 14.2. The molecule has 1 atom stereocenters. The van der Waals surface area contributed by atoms with E-state index in [1.165, 1.54) is 51.4 Å². The SMILES string of the molecule is CCCCCCCCC(C)C/C=C/CCCCCC(=O)[O-]. The van der Waals surface area contributed by atoms with Crippen LogP contribution < -0.4 is 5.11 Å². The summed E-state index contributed by atoms with van der Waals surface area (Å²) in [5, 5.41) is 10.2. The Morgan fingerprint density at radius 3 is 2.33 bits per heavy atom. The van der Waals surface area contributed by atoms with Crippen LogP contribution in [0.15, 0.2) is 12.2 Å². The molecule has 0 aromatic heterocycles. The van der Waals surface area contributed by atoms with E-state index < -0.39 is 5.97 Å². The smallest absolute Gasteiger partial charge is 0.0414 e. The molecule has 0 fully saturated rings. The summed E-state index contributed by atoms with van der Waals surface area (Å²) in [4.78, 5) is 10.2. The Bertz CT molecular complexity index is 258. The molecule has 0 radical (unpaired) electrons. The van der Waals surface area contributed by atoms with E-state index in [9.17, 15) is 9.90 Å². The molecule has 21 heavy (non-hydrogen) atoms.